The average Bonchev–Trinajstić information content (AvgIpc) is 3.05. The first-order valence-corrected chi connectivity index (χ1v) is 9.40. The van der Waals surface area contributed by atoms with Crippen molar-refractivity contribution in [1.29, 1.82) is 0 Å². The number of hydrogen-bond acceptors (Lipinski definition) is 7. The molecule has 0 atom stereocenters. The second kappa shape index (κ2) is 7.73. The van der Waals surface area contributed by atoms with Crippen LogP contribution < -0.4 is 16.0 Å². The van der Waals surface area contributed by atoms with Gasteiger partial charge in [0, 0.05) is 50.2 Å². The summed E-state index contributed by atoms with van der Waals surface area (Å²) >= 11 is 0. The number of carbonyl (C=O) groups is 1. The number of anilines is 4. The molecule has 1 saturated heterocycles. The van der Waals surface area contributed by atoms with E-state index in [1.807, 2.05) is 0 Å². The lowest BCUT2D eigenvalue weighted by molar-refractivity contribution is -0.137. The van der Waals surface area contributed by atoms with Gasteiger partial charge in [0.15, 0.2) is 0 Å². The van der Waals surface area contributed by atoms with Gasteiger partial charge >= 0.3 is 6.18 Å². The topological polar surface area (TPSA) is 108 Å². The Morgan fingerprint density at radius 2 is 2.03 bits per heavy atom. The third-order valence-corrected chi connectivity index (χ3v) is 5.09. The van der Waals surface area contributed by atoms with Crippen molar-refractivity contribution in [1.82, 2.24) is 9.97 Å². The predicted octanol–water partition coefficient (Wildman–Crippen LogP) is 2.69. The molecular weight excluding hydrogens is 403 g/mol. The molecule has 1 aromatic heterocycles. The van der Waals surface area contributed by atoms with Gasteiger partial charge in [-0.15, -0.1) is 0 Å². The first-order valence-electron chi connectivity index (χ1n) is 9.40. The Kier molecular flexibility index (Phi) is 5.24. The molecule has 0 unspecified atom stereocenters. The molecule has 4 N–H and O–H groups in total. The van der Waals surface area contributed by atoms with Crippen LogP contribution in [0.25, 0.3) is 0 Å². The van der Waals surface area contributed by atoms with Crippen molar-refractivity contribution in [3.63, 3.8) is 0 Å². The summed E-state index contributed by atoms with van der Waals surface area (Å²) in [6, 6.07) is 5.09. The highest BCUT2D eigenvalue weighted by atomic mass is 19.4. The van der Waals surface area contributed by atoms with Crippen LogP contribution >= 0.6 is 0 Å². The van der Waals surface area contributed by atoms with Gasteiger partial charge in [0.05, 0.1) is 12.0 Å². The molecule has 8 nitrogen and oxygen atoms in total. The monoisotopic (exact) mass is 423 g/mol. The lowest BCUT2D eigenvalue weighted by Crippen LogP contribution is -2.42. The molecule has 30 heavy (non-hydrogen) atoms. The Morgan fingerprint density at radius 3 is 2.77 bits per heavy atom. The number of halogens is 3. The number of aromatic nitrogens is 2. The second-order valence-corrected chi connectivity index (χ2v) is 7.37. The molecule has 1 fully saturated rings. The molecule has 1 aromatic carbocycles. The standard InChI is InChI=1S/C19H20F3N5O3/c20-19(21,22)13-9-23-17(25-12-1-2-14-11(7-12)8-15(28)26-14)27-16(13)24-10-18(29)3-5-30-6-4-18/h1-2,7,9,29H,3-6,8,10H2,(H,26,28)(H2,23,24,25,27). The summed E-state index contributed by atoms with van der Waals surface area (Å²) in [5, 5.41) is 18.7. The van der Waals surface area contributed by atoms with Crippen LogP contribution in [0.15, 0.2) is 24.4 Å². The Morgan fingerprint density at radius 1 is 1.27 bits per heavy atom. The van der Waals surface area contributed by atoms with Crippen molar-refractivity contribution >= 4 is 29.0 Å². The zero-order chi connectivity index (χ0) is 21.4. The average molecular weight is 423 g/mol. The Hall–Kier alpha value is -2.92. The lowest BCUT2D eigenvalue weighted by atomic mass is 9.94. The molecule has 2 aliphatic heterocycles. The number of alkyl halides is 3. The van der Waals surface area contributed by atoms with E-state index in [0.29, 0.717) is 43.6 Å². The number of nitrogens with one attached hydrogen (secondary N) is 3. The third-order valence-electron chi connectivity index (χ3n) is 5.09. The van der Waals surface area contributed by atoms with Crippen LogP contribution in [-0.2, 0) is 22.1 Å². The Labute approximate surface area is 169 Å². The lowest BCUT2D eigenvalue weighted by Gasteiger charge is -2.32. The number of hydrogen-bond donors (Lipinski definition) is 4. The summed E-state index contributed by atoms with van der Waals surface area (Å²) < 4.78 is 45.4. The number of aliphatic hydroxyl groups is 1. The van der Waals surface area contributed by atoms with E-state index in [1.165, 1.54) is 0 Å². The maximum atomic E-state index is 13.4. The van der Waals surface area contributed by atoms with Crippen molar-refractivity contribution < 1.29 is 27.8 Å². The molecule has 0 bridgehead atoms. The minimum absolute atomic E-state index is 0.0401. The molecule has 4 rings (SSSR count). The first-order chi connectivity index (χ1) is 14.2. The molecule has 1 amide bonds. The fourth-order valence-electron chi connectivity index (χ4n) is 3.40. The number of nitrogens with zero attached hydrogens (tertiary/aromatic N) is 2. The maximum Gasteiger partial charge on any atom is 0.421 e. The SMILES string of the molecule is O=C1Cc2cc(Nc3ncc(C(F)(F)F)c(NCC4(O)CCOCC4)n3)ccc2N1. The van der Waals surface area contributed by atoms with Crippen LogP contribution in [0.2, 0.25) is 0 Å². The van der Waals surface area contributed by atoms with Gasteiger partial charge in [0.2, 0.25) is 11.9 Å². The van der Waals surface area contributed by atoms with Gasteiger partial charge in [0.25, 0.3) is 0 Å². The predicted molar refractivity (Wildman–Crippen MR) is 103 cm³/mol. The van der Waals surface area contributed by atoms with Gasteiger partial charge in [-0.05, 0) is 23.8 Å². The maximum absolute atomic E-state index is 13.4. The number of ether oxygens (including phenoxy) is 1. The molecule has 0 radical (unpaired) electrons. The van der Waals surface area contributed by atoms with Crippen LogP contribution in [0.1, 0.15) is 24.0 Å². The molecule has 160 valence electrons. The highest BCUT2D eigenvalue weighted by Crippen LogP contribution is 2.35. The van der Waals surface area contributed by atoms with Crippen LogP contribution in [0.4, 0.5) is 36.3 Å². The minimum Gasteiger partial charge on any atom is -0.388 e. The molecular formula is C19H20F3N5O3. The van der Waals surface area contributed by atoms with Gasteiger partial charge in [-0.2, -0.15) is 18.2 Å². The Bertz CT molecular complexity index is 961. The van der Waals surface area contributed by atoms with E-state index >= 15 is 0 Å². The molecule has 2 aliphatic rings. The molecule has 0 aliphatic carbocycles. The fraction of sp³-hybridized carbons (Fsp3) is 0.421. The fourth-order valence-corrected chi connectivity index (χ4v) is 3.40. The summed E-state index contributed by atoms with van der Waals surface area (Å²) in [6.07, 6.45) is -3.09. The van der Waals surface area contributed by atoms with Crippen molar-refractivity contribution in [3.05, 3.63) is 35.5 Å². The van der Waals surface area contributed by atoms with Crippen molar-refractivity contribution in [3.8, 4) is 0 Å². The molecule has 0 saturated carbocycles. The number of fused-ring (bicyclic) bond motifs is 1. The quantitative estimate of drug-likeness (QED) is 0.586. The first kappa shape index (κ1) is 20.4. The summed E-state index contributed by atoms with van der Waals surface area (Å²) in [7, 11) is 0. The van der Waals surface area contributed by atoms with E-state index in [2.05, 4.69) is 25.9 Å². The number of carbonyl (C=O) groups excluding carboxylic acids is 1. The van der Waals surface area contributed by atoms with E-state index in [-0.39, 0.29) is 24.8 Å². The summed E-state index contributed by atoms with van der Waals surface area (Å²) in [5.74, 6) is -0.579. The van der Waals surface area contributed by atoms with Crippen molar-refractivity contribution in [2.75, 3.05) is 35.7 Å². The van der Waals surface area contributed by atoms with E-state index in [0.717, 1.165) is 5.56 Å². The molecule has 0 spiro atoms. The summed E-state index contributed by atoms with van der Waals surface area (Å²) in [5.41, 5.74) is -0.173. The Balaban J connectivity index is 1.55. The highest BCUT2D eigenvalue weighted by Gasteiger charge is 2.37. The van der Waals surface area contributed by atoms with E-state index in [9.17, 15) is 23.1 Å². The number of rotatable bonds is 5. The summed E-state index contributed by atoms with van der Waals surface area (Å²) in [4.78, 5) is 19.2. The van der Waals surface area contributed by atoms with Crippen molar-refractivity contribution in [2.45, 2.75) is 31.0 Å². The van der Waals surface area contributed by atoms with Gasteiger partial charge in [-0.25, -0.2) is 4.98 Å². The van der Waals surface area contributed by atoms with Crippen molar-refractivity contribution in [2.24, 2.45) is 0 Å². The van der Waals surface area contributed by atoms with E-state index in [4.69, 9.17) is 4.74 Å². The van der Waals surface area contributed by atoms with Crippen LogP contribution in [-0.4, -0.2) is 46.3 Å². The molecule has 3 heterocycles. The third kappa shape index (κ3) is 4.46. The highest BCUT2D eigenvalue weighted by molar-refractivity contribution is 5.99. The van der Waals surface area contributed by atoms with Gasteiger partial charge in [0.1, 0.15) is 11.4 Å². The van der Waals surface area contributed by atoms with Crippen LogP contribution in [0.3, 0.4) is 0 Å². The van der Waals surface area contributed by atoms with Gasteiger partial charge in [-0.3, -0.25) is 4.79 Å². The normalized spacial score (nSPS) is 17.9. The molecule has 11 heteroatoms. The summed E-state index contributed by atoms with van der Waals surface area (Å²) in [6.45, 7) is 0.593. The van der Waals surface area contributed by atoms with E-state index < -0.39 is 23.2 Å². The second-order valence-electron chi connectivity index (χ2n) is 7.37. The van der Waals surface area contributed by atoms with Gasteiger partial charge < -0.3 is 25.8 Å². The zero-order valence-corrected chi connectivity index (χ0v) is 15.8. The minimum atomic E-state index is -4.65. The number of amides is 1. The molecule has 2 aromatic rings. The number of benzene rings is 1. The zero-order valence-electron chi connectivity index (χ0n) is 15.8. The van der Waals surface area contributed by atoms with E-state index in [1.54, 1.807) is 18.2 Å². The smallest absolute Gasteiger partial charge is 0.388 e. The van der Waals surface area contributed by atoms with Crippen LogP contribution in [0.5, 0.6) is 0 Å². The van der Waals surface area contributed by atoms with Gasteiger partial charge in [-0.1, -0.05) is 0 Å². The van der Waals surface area contributed by atoms with Crippen LogP contribution in [0, 0.1) is 0 Å². The largest absolute Gasteiger partial charge is 0.421 e.